The summed E-state index contributed by atoms with van der Waals surface area (Å²) in [5, 5.41) is 0. The van der Waals surface area contributed by atoms with Crippen LogP contribution < -0.4 is 0 Å². The summed E-state index contributed by atoms with van der Waals surface area (Å²) in [6.07, 6.45) is 8.27. The Hall–Kier alpha value is 0. The number of hydrogen-bond donors (Lipinski definition) is 0. The van der Waals surface area contributed by atoms with Crippen molar-refractivity contribution in [2.45, 2.75) is 80.1 Å². The van der Waals surface area contributed by atoms with Gasteiger partial charge in [-0.05, 0) is 18.3 Å². The van der Waals surface area contributed by atoms with Crippen molar-refractivity contribution in [3.63, 3.8) is 0 Å². The molecule has 0 heteroatoms. The molecule has 0 aliphatic carbocycles. The predicted molar refractivity (Wildman–Crippen MR) is 64.2 cm³/mol. The summed E-state index contributed by atoms with van der Waals surface area (Å²) in [6.45, 7) is 13.3. The van der Waals surface area contributed by atoms with E-state index in [9.17, 15) is 0 Å². The molecule has 82 valence electrons. The fourth-order valence-corrected chi connectivity index (χ4v) is 1.69. The third-order valence-corrected chi connectivity index (χ3v) is 2.84. The van der Waals surface area contributed by atoms with E-state index in [4.69, 9.17) is 0 Å². The van der Waals surface area contributed by atoms with Crippen molar-refractivity contribution in [2.75, 3.05) is 0 Å². The van der Waals surface area contributed by atoms with Crippen LogP contribution in [0.3, 0.4) is 0 Å². The Morgan fingerprint density at radius 1 is 0.846 bits per heavy atom. The van der Waals surface area contributed by atoms with Gasteiger partial charge in [-0.2, -0.15) is 0 Å². The smallest absolute Gasteiger partial charge is 0.0329 e. The maximum atomic E-state index is 2.44. The van der Waals surface area contributed by atoms with Crippen molar-refractivity contribution < 1.29 is 0 Å². The fraction of sp³-hybridized carbons (Fsp3) is 1.00. The van der Waals surface area contributed by atoms with E-state index < -0.39 is 0 Å². The molecule has 0 radical (unpaired) electrons. The molecule has 0 aromatic rings. The van der Waals surface area contributed by atoms with Crippen LogP contribution in [0.25, 0.3) is 0 Å². The van der Waals surface area contributed by atoms with Gasteiger partial charge in [0.15, 0.2) is 0 Å². The zero-order valence-electron chi connectivity index (χ0n) is 10.7. The molecular weight excluding hydrogens is 156 g/mol. The largest absolute Gasteiger partial charge is 0.0683 e. The number of unbranched alkanes of at least 4 members (excludes halogenated alkanes) is 1. The van der Waals surface area contributed by atoms with Gasteiger partial charge in [0.25, 0.3) is 0 Å². The van der Waals surface area contributed by atoms with Gasteiger partial charge in [0.05, 0.1) is 0 Å². The van der Waals surface area contributed by atoms with Gasteiger partial charge in [0, 0.05) is 0 Å². The van der Waals surface area contributed by atoms with Gasteiger partial charge in [-0.15, -0.1) is 0 Å². The molecule has 0 aliphatic rings. The van der Waals surface area contributed by atoms with Gasteiger partial charge in [-0.1, -0.05) is 67.2 Å². The van der Waals surface area contributed by atoms with E-state index in [2.05, 4.69) is 27.7 Å². The highest BCUT2D eigenvalue weighted by Crippen LogP contribution is 2.32. The lowest BCUT2D eigenvalue weighted by atomic mass is 9.79. The molecule has 0 N–H and O–H groups in total. The maximum absolute atomic E-state index is 2.44. The first-order valence-corrected chi connectivity index (χ1v) is 6.18. The first kappa shape index (κ1) is 15.5. The van der Waals surface area contributed by atoms with Crippen LogP contribution in [0.1, 0.15) is 80.1 Å². The summed E-state index contributed by atoms with van der Waals surface area (Å²) in [7, 11) is 0. The molecule has 13 heavy (non-hydrogen) atoms. The van der Waals surface area contributed by atoms with Crippen LogP contribution in [0.4, 0.5) is 0 Å². The molecule has 0 aromatic heterocycles. The second kappa shape index (κ2) is 10.1. The topological polar surface area (TPSA) is 0 Å². The van der Waals surface area contributed by atoms with E-state index in [1.807, 2.05) is 13.8 Å². The summed E-state index contributed by atoms with van der Waals surface area (Å²) < 4.78 is 0. The molecule has 0 fully saturated rings. The van der Waals surface area contributed by atoms with Crippen LogP contribution in [0, 0.1) is 5.41 Å². The molecule has 0 aliphatic heterocycles. The molecule has 0 rings (SSSR count). The van der Waals surface area contributed by atoms with E-state index >= 15 is 0 Å². The Morgan fingerprint density at radius 3 is 1.69 bits per heavy atom. The third-order valence-electron chi connectivity index (χ3n) is 2.84. The molecule has 0 saturated heterocycles. The molecule has 0 aromatic carbocycles. The van der Waals surface area contributed by atoms with Gasteiger partial charge in [0.1, 0.15) is 0 Å². The minimum atomic E-state index is 0.644. The van der Waals surface area contributed by atoms with Crippen LogP contribution in [0.2, 0.25) is 0 Å². The minimum absolute atomic E-state index is 0.644. The molecule has 1 atom stereocenters. The molecular formula is C13H30. The third kappa shape index (κ3) is 8.33. The zero-order valence-corrected chi connectivity index (χ0v) is 10.7. The summed E-state index contributed by atoms with van der Waals surface area (Å²) in [6, 6.07) is 0. The second-order valence-electron chi connectivity index (χ2n) is 4.02. The SMILES string of the molecule is CC.CCCCC(C)(CC)CCC. The van der Waals surface area contributed by atoms with Gasteiger partial charge in [-0.3, -0.25) is 0 Å². The summed E-state index contributed by atoms with van der Waals surface area (Å²) in [5.74, 6) is 0. The highest BCUT2D eigenvalue weighted by atomic mass is 14.2. The van der Waals surface area contributed by atoms with Crippen molar-refractivity contribution in [1.82, 2.24) is 0 Å². The van der Waals surface area contributed by atoms with Crippen molar-refractivity contribution in [3.05, 3.63) is 0 Å². The Balaban J connectivity index is 0. The van der Waals surface area contributed by atoms with Crippen LogP contribution in [0.15, 0.2) is 0 Å². The average Bonchev–Trinajstić information content (AvgIpc) is 2.18. The first-order valence-electron chi connectivity index (χ1n) is 6.18. The summed E-state index contributed by atoms with van der Waals surface area (Å²) in [4.78, 5) is 0. The Kier molecular flexibility index (Phi) is 12.0. The lowest BCUT2D eigenvalue weighted by Crippen LogP contribution is -2.14. The van der Waals surface area contributed by atoms with Crippen LogP contribution >= 0.6 is 0 Å². The highest BCUT2D eigenvalue weighted by molar-refractivity contribution is 4.71. The molecule has 0 saturated carbocycles. The maximum Gasteiger partial charge on any atom is -0.0329 e. The van der Waals surface area contributed by atoms with Gasteiger partial charge < -0.3 is 0 Å². The fourth-order valence-electron chi connectivity index (χ4n) is 1.69. The van der Waals surface area contributed by atoms with E-state index in [0.717, 1.165) is 0 Å². The predicted octanol–water partition coefficient (Wildman–Crippen LogP) is 5.42. The van der Waals surface area contributed by atoms with Crippen LogP contribution in [-0.4, -0.2) is 0 Å². The van der Waals surface area contributed by atoms with Crippen molar-refractivity contribution in [2.24, 2.45) is 5.41 Å². The van der Waals surface area contributed by atoms with Crippen LogP contribution in [0.5, 0.6) is 0 Å². The molecule has 1 unspecified atom stereocenters. The standard InChI is InChI=1S/C11H24.C2H6/c1-5-8-10-11(4,7-3)9-6-2;1-2/h5-10H2,1-4H3;1-2H3. The number of hydrogen-bond acceptors (Lipinski definition) is 0. The van der Waals surface area contributed by atoms with E-state index in [1.165, 1.54) is 38.5 Å². The van der Waals surface area contributed by atoms with E-state index in [1.54, 1.807) is 0 Å². The molecule has 0 amide bonds. The molecule has 0 bridgehead atoms. The van der Waals surface area contributed by atoms with Crippen LogP contribution in [-0.2, 0) is 0 Å². The first-order chi connectivity index (χ1) is 6.18. The minimum Gasteiger partial charge on any atom is -0.0683 e. The molecule has 0 heterocycles. The lowest BCUT2D eigenvalue weighted by molar-refractivity contribution is 0.250. The Morgan fingerprint density at radius 2 is 1.38 bits per heavy atom. The number of rotatable bonds is 6. The normalized spacial score (nSPS) is 14.3. The molecule has 0 spiro atoms. The monoisotopic (exact) mass is 186 g/mol. The summed E-state index contributed by atoms with van der Waals surface area (Å²) >= 11 is 0. The van der Waals surface area contributed by atoms with E-state index in [0.29, 0.717) is 5.41 Å². The quantitative estimate of drug-likeness (QED) is 0.519. The van der Waals surface area contributed by atoms with Gasteiger partial charge >= 0.3 is 0 Å². The van der Waals surface area contributed by atoms with Gasteiger partial charge in [-0.25, -0.2) is 0 Å². The average molecular weight is 186 g/mol. The van der Waals surface area contributed by atoms with Crippen molar-refractivity contribution in [1.29, 1.82) is 0 Å². The highest BCUT2D eigenvalue weighted by Gasteiger charge is 2.19. The lowest BCUT2D eigenvalue weighted by Gasteiger charge is -2.27. The van der Waals surface area contributed by atoms with Crippen molar-refractivity contribution >= 4 is 0 Å². The Bertz CT molecular complexity index is 86.0. The zero-order chi connectivity index (χ0) is 10.7. The second-order valence-corrected chi connectivity index (χ2v) is 4.02. The van der Waals surface area contributed by atoms with Crippen molar-refractivity contribution in [3.8, 4) is 0 Å². The van der Waals surface area contributed by atoms with E-state index in [-0.39, 0.29) is 0 Å². The van der Waals surface area contributed by atoms with Gasteiger partial charge in [0.2, 0.25) is 0 Å². The summed E-state index contributed by atoms with van der Waals surface area (Å²) in [5.41, 5.74) is 0.644. The molecule has 0 nitrogen and oxygen atoms in total. The Labute approximate surface area is 86.1 Å².